The van der Waals surface area contributed by atoms with Crippen molar-refractivity contribution in [1.82, 2.24) is 0 Å². The van der Waals surface area contributed by atoms with Gasteiger partial charge in [0, 0.05) is 11.0 Å². The molecule has 154 valence electrons. The molecule has 0 aromatic heterocycles. The molecule has 8 fully saturated rings. The van der Waals surface area contributed by atoms with Gasteiger partial charge in [0.1, 0.15) is 11.2 Å². The highest BCUT2D eigenvalue weighted by atomic mass is 16.6. The van der Waals surface area contributed by atoms with Gasteiger partial charge in [0.25, 0.3) is 0 Å². The van der Waals surface area contributed by atoms with Crippen molar-refractivity contribution >= 4 is 5.97 Å². The number of carbonyl (C=O) groups is 1. The lowest BCUT2D eigenvalue weighted by atomic mass is 9.30. The summed E-state index contributed by atoms with van der Waals surface area (Å²) in [6.07, 6.45) is 13.5. The van der Waals surface area contributed by atoms with Crippen molar-refractivity contribution in [2.24, 2.45) is 40.4 Å². The van der Waals surface area contributed by atoms with E-state index < -0.39 is 11.2 Å². The minimum absolute atomic E-state index is 0.0417. The number of esters is 1. The van der Waals surface area contributed by atoms with Crippen LogP contribution in [0.3, 0.4) is 0 Å². The molecule has 0 heterocycles. The van der Waals surface area contributed by atoms with Gasteiger partial charge in [0.2, 0.25) is 0 Å². The monoisotopic (exact) mass is 384 g/mol. The van der Waals surface area contributed by atoms with Gasteiger partial charge in [-0.05, 0) is 119 Å². The molecule has 0 aromatic rings. The van der Waals surface area contributed by atoms with Gasteiger partial charge < -0.3 is 9.84 Å². The molecule has 3 unspecified atom stereocenters. The third kappa shape index (κ3) is 1.98. The lowest BCUT2D eigenvalue weighted by molar-refractivity contribution is -0.346. The largest absolute Gasteiger partial charge is 0.452 e. The Morgan fingerprint density at radius 1 is 0.857 bits per heavy atom. The first-order valence-corrected chi connectivity index (χ1v) is 11.8. The molecule has 8 saturated carbocycles. The maximum absolute atomic E-state index is 12.8. The van der Waals surface area contributed by atoms with Crippen LogP contribution < -0.4 is 0 Å². The third-order valence-corrected chi connectivity index (χ3v) is 10.7. The van der Waals surface area contributed by atoms with E-state index in [9.17, 15) is 9.90 Å². The third-order valence-electron chi connectivity index (χ3n) is 10.7. The van der Waals surface area contributed by atoms with Crippen molar-refractivity contribution in [3.63, 3.8) is 0 Å². The summed E-state index contributed by atoms with van der Waals surface area (Å²) in [4.78, 5) is 12.8. The van der Waals surface area contributed by atoms with Gasteiger partial charge in [-0.2, -0.15) is 0 Å². The van der Waals surface area contributed by atoms with E-state index in [4.69, 9.17) is 4.74 Å². The van der Waals surface area contributed by atoms with Crippen molar-refractivity contribution in [1.29, 1.82) is 0 Å². The first-order chi connectivity index (χ1) is 13.2. The molecule has 0 radical (unpaired) electrons. The van der Waals surface area contributed by atoms with Gasteiger partial charge in [-0.25, -0.2) is 4.79 Å². The molecule has 1 N–H and O–H groups in total. The van der Waals surface area contributed by atoms with Gasteiger partial charge in [0.05, 0.1) is 0 Å². The molecule has 0 amide bonds. The Bertz CT molecular complexity index is 702. The molecule has 8 aliphatic carbocycles. The average Bonchev–Trinajstić information content (AvgIpc) is 2.57. The smallest absolute Gasteiger partial charge is 0.333 e. The van der Waals surface area contributed by atoms with Gasteiger partial charge in [-0.15, -0.1) is 0 Å². The summed E-state index contributed by atoms with van der Waals surface area (Å²) >= 11 is 0. The Kier molecular flexibility index (Phi) is 3.37. The predicted octanol–water partition coefficient (Wildman–Crippen LogP) is 5.02. The van der Waals surface area contributed by atoms with Crippen LogP contribution in [-0.4, -0.2) is 22.3 Å². The molecule has 8 aliphatic rings. The highest BCUT2D eigenvalue weighted by Crippen LogP contribution is 2.78. The van der Waals surface area contributed by atoms with Crippen LogP contribution in [0.15, 0.2) is 12.2 Å². The minimum atomic E-state index is -0.856. The van der Waals surface area contributed by atoms with E-state index in [1.807, 2.05) is 0 Å². The van der Waals surface area contributed by atoms with Crippen LogP contribution in [0.4, 0.5) is 0 Å². The Hall–Kier alpha value is -0.830. The van der Waals surface area contributed by atoms with Crippen molar-refractivity contribution in [3.05, 3.63) is 12.2 Å². The number of hydrogen-bond donors (Lipinski definition) is 1. The lowest BCUT2D eigenvalue weighted by Gasteiger charge is -2.76. The van der Waals surface area contributed by atoms with Crippen LogP contribution in [0.1, 0.15) is 84.5 Å². The molecular formula is C25H36O3. The zero-order chi connectivity index (χ0) is 19.5. The zero-order valence-corrected chi connectivity index (χ0v) is 17.6. The summed E-state index contributed by atoms with van der Waals surface area (Å²) in [6, 6.07) is 0. The Labute approximate surface area is 169 Å². The number of carbonyl (C=O) groups excluding carboxylic acids is 1. The molecule has 8 rings (SSSR count). The summed E-state index contributed by atoms with van der Waals surface area (Å²) in [5.74, 6) is 3.54. The quantitative estimate of drug-likeness (QED) is 0.549. The van der Waals surface area contributed by atoms with Crippen LogP contribution in [0, 0.1) is 40.4 Å². The van der Waals surface area contributed by atoms with E-state index in [-0.39, 0.29) is 16.8 Å². The van der Waals surface area contributed by atoms with Crippen molar-refractivity contribution in [2.45, 2.75) is 95.7 Å². The lowest BCUT2D eigenvalue weighted by Crippen LogP contribution is -2.78. The van der Waals surface area contributed by atoms with E-state index in [1.165, 1.54) is 44.9 Å². The van der Waals surface area contributed by atoms with Gasteiger partial charge in [-0.1, -0.05) is 6.58 Å². The molecule has 0 aliphatic heterocycles. The second-order valence-corrected chi connectivity index (χ2v) is 12.3. The molecule has 28 heavy (non-hydrogen) atoms. The van der Waals surface area contributed by atoms with E-state index in [0.29, 0.717) is 17.4 Å². The molecule has 0 saturated heterocycles. The Morgan fingerprint density at radius 2 is 1.32 bits per heavy atom. The van der Waals surface area contributed by atoms with Gasteiger partial charge >= 0.3 is 5.97 Å². The maximum Gasteiger partial charge on any atom is 0.333 e. The molecule has 3 atom stereocenters. The highest BCUT2D eigenvalue weighted by molar-refractivity contribution is 5.87. The molecule has 3 heteroatoms. The summed E-state index contributed by atoms with van der Waals surface area (Å²) < 4.78 is 6.38. The molecule has 8 bridgehead atoms. The first-order valence-electron chi connectivity index (χ1n) is 11.8. The molecule has 0 spiro atoms. The minimum Gasteiger partial charge on any atom is -0.452 e. The normalized spacial score (nSPS) is 58.2. The fraction of sp³-hybridized carbons (Fsp3) is 0.880. The van der Waals surface area contributed by atoms with E-state index in [1.54, 1.807) is 6.92 Å². The van der Waals surface area contributed by atoms with Crippen molar-refractivity contribution < 1.29 is 14.6 Å². The maximum atomic E-state index is 12.8. The highest BCUT2D eigenvalue weighted by Gasteiger charge is 2.78. The first kappa shape index (κ1) is 18.0. The summed E-state index contributed by atoms with van der Waals surface area (Å²) in [5, 5.41) is 12.0. The fourth-order valence-electron chi connectivity index (χ4n) is 10.4. The van der Waals surface area contributed by atoms with Crippen LogP contribution in [0.2, 0.25) is 0 Å². The average molecular weight is 385 g/mol. The number of aliphatic hydroxyl groups is 1. The SMILES string of the molecule is C=C(C)C(=O)OC1(C)C2(O)CC3CC(C2)CC1(C12CC4CC(CC(C4)C1)C2)C3. The predicted molar refractivity (Wildman–Crippen MR) is 107 cm³/mol. The summed E-state index contributed by atoms with van der Waals surface area (Å²) in [6.45, 7) is 7.72. The van der Waals surface area contributed by atoms with Crippen molar-refractivity contribution in [2.75, 3.05) is 0 Å². The van der Waals surface area contributed by atoms with Gasteiger partial charge in [-0.3, -0.25) is 0 Å². The number of ether oxygens (including phenoxy) is 1. The molecule has 0 aromatic carbocycles. The van der Waals surface area contributed by atoms with E-state index in [2.05, 4.69) is 13.5 Å². The van der Waals surface area contributed by atoms with Crippen LogP contribution >= 0.6 is 0 Å². The molecular weight excluding hydrogens is 348 g/mol. The van der Waals surface area contributed by atoms with Crippen LogP contribution in [-0.2, 0) is 9.53 Å². The second kappa shape index (κ2) is 5.25. The summed E-state index contributed by atoms with van der Waals surface area (Å²) in [7, 11) is 0. The zero-order valence-electron chi connectivity index (χ0n) is 17.6. The second-order valence-electron chi connectivity index (χ2n) is 12.3. The fourth-order valence-corrected chi connectivity index (χ4v) is 10.4. The standard InChI is InChI=1S/C25H36O3/c1-15(2)21(26)28-22(3)24(11-19-7-20(12-24)14-25(22,27)13-19)23-8-16-4-17(9-23)6-18(5-16)10-23/h16-20,27H,1,4-14H2,2-3H3. The number of rotatable bonds is 3. The molecule has 3 nitrogen and oxygen atoms in total. The number of hydrogen-bond acceptors (Lipinski definition) is 3. The summed E-state index contributed by atoms with van der Waals surface area (Å²) in [5.41, 5.74) is -0.933. The van der Waals surface area contributed by atoms with E-state index >= 15 is 0 Å². The van der Waals surface area contributed by atoms with Gasteiger partial charge in [0.15, 0.2) is 0 Å². The van der Waals surface area contributed by atoms with E-state index in [0.717, 1.165) is 43.4 Å². The van der Waals surface area contributed by atoms with Crippen LogP contribution in [0.5, 0.6) is 0 Å². The van der Waals surface area contributed by atoms with Crippen LogP contribution in [0.25, 0.3) is 0 Å². The van der Waals surface area contributed by atoms with Crippen molar-refractivity contribution in [3.8, 4) is 0 Å². The Morgan fingerprint density at radius 3 is 1.79 bits per heavy atom. The Balaban J connectivity index is 1.51. The topological polar surface area (TPSA) is 46.5 Å².